The summed E-state index contributed by atoms with van der Waals surface area (Å²) in [5.74, 6) is -0.572. The molecule has 0 N–H and O–H groups in total. The van der Waals surface area contributed by atoms with Crippen LogP contribution >= 0.6 is 15.9 Å². The SMILES string of the molecule is Br[C@@H]1[C@@H](OCc2ccccc2)[C@H](OCc2ccccc2)[C@@H]2OC3(CCCCC3)O[C@@H]2[C@H]1OCc1ccccc1. The second-order valence-electron chi connectivity index (χ2n) is 10.9. The summed E-state index contributed by atoms with van der Waals surface area (Å²) in [5.41, 5.74) is 3.37. The molecule has 39 heavy (non-hydrogen) atoms. The van der Waals surface area contributed by atoms with Crippen molar-refractivity contribution in [3.63, 3.8) is 0 Å². The van der Waals surface area contributed by atoms with Gasteiger partial charge in [-0.15, -0.1) is 0 Å². The molecule has 1 aliphatic heterocycles. The van der Waals surface area contributed by atoms with Gasteiger partial charge in [-0.05, 0) is 29.5 Å². The standard InChI is InChI=1S/C33H37BrO5/c34-27-28(35-21-24-13-5-1-6-14-24)30(37-23-26-17-9-3-10-18-26)32-31(38-33(39-32)19-11-4-12-20-33)29(27)36-22-25-15-7-2-8-16-25/h1-3,5-10,13-18,27-32H,4,11-12,19-23H2/t27-,28-,29+,30+,31-,32+/m1/s1. The van der Waals surface area contributed by atoms with Gasteiger partial charge in [-0.2, -0.15) is 0 Å². The van der Waals surface area contributed by atoms with Gasteiger partial charge in [-0.3, -0.25) is 0 Å². The molecule has 6 heteroatoms. The number of alkyl halides is 1. The lowest BCUT2D eigenvalue weighted by Crippen LogP contribution is -2.62. The van der Waals surface area contributed by atoms with E-state index in [0.29, 0.717) is 19.8 Å². The van der Waals surface area contributed by atoms with Crippen LogP contribution in [0.2, 0.25) is 0 Å². The van der Waals surface area contributed by atoms with Crippen molar-refractivity contribution in [2.45, 2.75) is 93.1 Å². The second kappa shape index (κ2) is 12.6. The number of benzene rings is 3. The maximum absolute atomic E-state index is 6.88. The van der Waals surface area contributed by atoms with Crippen LogP contribution in [0.25, 0.3) is 0 Å². The number of rotatable bonds is 9. The lowest BCUT2D eigenvalue weighted by atomic mass is 9.86. The molecule has 206 valence electrons. The minimum atomic E-state index is -0.572. The van der Waals surface area contributed by atoms with Gasteiger partial charge in [-0.25, -0.2) is 0 Å². The van der Waals surface area contributed by atoms with E-state index in [9.17, 15) is 0 Å². The largest absolute Gasteiger partial charge is 0.369 e. The number of hydrogen-bond donors (Lipinski definition) is 0. The molecule has 2 saturated carbocycles. The lowest BCUT2D eigenvalue weighted by Gasteiger charge is -2.45. The Morgan fingerprint density at radius 2 is 0.974 bits per heavy atom. The first-order chi connectivity index (χ1) is 19.2. The summed E-state index contributed by atoms with van der Waals surface area (Å²) in [6, 6.07) is 30.8. The molecule has 1 spiro atoms. The molecule has 5 nitrogen and oxygen atoms in total. The Labute approximate surface area is 239 Å². The molecule has 0 radical (unpaired) electrons. The van der Waals surface area contributed by atoms with Crippen molar-refractivity contribution in [3.8, 4) is 0 Å². The summed E-state index contributed by atoms with van der Waals surface area (Å²) >= 11 is 4.02. The molecule has 6 atom stereocenters. The monoisotopic (exact) mass is 592 g/mol. The first kappa shape index (κ1) is 27.1. The van der Waals surface area contributed by atoms with E-state index < -0.39 is 5.79 Å². The van der Waals surface area contributed by atoms with Crippen LogP contribution in [0.15, 0.2) is 91.0 Å². The predicted octanol–water partition coefficient (Wildman–Crippen LogP) is 6.96. The van der Waals surface area contributed by atoms with Crippen LogP contribution < -0.4 is 0 Å². The highest BCUT2D eigenvalue weighted by atomic mass is 79.9. The van der Waals surface area contributed by atoms with Gasteiger partial charge in [0.25, 0.3) is 0 Å². The summed E-state index contributed by atoms with van der Waals surface area (Å²) < 4.78 is 33.7. The smallest absolute Gasteiger partial charge is 0.169 e. The van der Waals surface area contributed by atoms with Gasteiger partial charge in [0.1, 0.15) is 30.5 Å². The van der Waals surface area contributed by atoms with Gasteiger partial charge in [0, 0.05) is 12.8 Å². The summed E-state index contributed by atoms with van der Waals surface area (Å²) in [5, 5.41) is 0. The first-order valence-electron chi connectivity index (χ1n) is 14.2. The van der Waals surface area contributed by atoms with E-state index in [-0.39, 0.29) is 35.3 Å². The summed E-state index contributed by atoms with van der Waals surface area (Å²) in [4.78, 5) is -0.144. The maximum atomic E-state index is 6.88. The van der Waals surface area contributed by atoms with Crippen LogP contribution in [0.5, 0.6) is 0 Å². The Morgan fingerprint density at radius 3 is 1.46 bits per heavy atom. The molecule has 0 bridgehead atoms. The first-order valence-corrected chi connectivity index (χ1v) is 15.1. The minimum absolute atomic E-state index is 0.144. The normalized spacial score (nSPS) is 29.8. The molecular formula is C33H37BrO5. The van der Waals surface area contributed by atoms with Crippen molar-refractivity contribution in [2.24, 2.45) is 0 Å². The summed E-state index contributed by atoms with van der Waals surface area (Å²) in [6.07, 6.45) is 3.82. The molecule has 3 aliphatic rings. The highest BCUT2D eigenvalue weighted by molar-refractivity contribution is 9.09. The molecular weight excluding hydrogens is 556 g/mol. The Morgan fingerprint density at radius 1 is 0.564 bits per heavy atom. The number of fused-ring (bicyclic) bond motifs is 1. The lowest BCUT2D eigenvalue weighted by molar-refractivity contribution is -0.208. The molecule has 1 heterocycles. The average Bonchev–Trinajstić information content (AvgIpc) is 3.34. The van der Waals surface area contributed by atoms with Crippen LogP contribution in [-0.4, -0.2) is 41.1 Å². The third kappa shape index (κ3) is 6.32. The van der Waals surface area contributed by atoms with Gasteiger partial charge < -0.3 is 23.7 Å². The van der Waals surface area contributed by atoms with E-state index in [1.807, 2.05) is 54.6 Å². The van der Waals surface area contributed by atoms with E-state index >= 15 is 0 Å². The molecule has 3 fully saturated rings. The van der Waals surface area contributed by atoms with Gasteiger partial charge in [0.15, 0.2) is 5.79 Å². The van der Waals surface area contributed by atoms with Gasteiger partial charge >= 0.3 is 0 Å². The van der Waals surface area contributed by atoms with Crippen LogP contribution in [0.4, 0.5) is 0 Å². The van der Waals surface area contributed by atoms with E-state index in [4.69, 9.17) is 23.7 Å². The van der Waals surface area contributed by atoms with Crippen LogP contribution in [0.1, 0.15) is 48.8 Å². The van der Waals surface area contributed by atoms with Crippen LogP contribution in [0, 0.1) is 0 Å². The topological polar surface area (TPSA) is 46.2 Å². The molecule has 2 aliphatic carbocycles. The van der Waals surface area contributed by atoms with Crippen molar-refractivity contribution in [3.05, 3.63) is 108 Å². The predicted molar refractivity (Wildman–Crippen MR) is 153 cm³/mol. The summed E-state index contributed by atoms with van der Waals surface area (Å²) in [6.45, 7) is 1.45. The average molecular weight is 594 g/mol. The quantitative estimate of drug-likeness (QED) is 0.251. The second-order valence-corrected chi connectivity index (χ2v) is 11.9. The van der Waals surface area contributed by atoms with Crippen molar-refractivity contribution >= 4 is 15.9 Å². The molecule has 3 aromatic rings. The van der Waals surface area contributed by atoms with E-state index in [1.165, 1.54) is 6.42 Å². The van der Waals surface area contributed by atoms with Crippen molar-refractivity contribution in [1.82, 2.24) is 0 Å². The molecule has 1 saturated heterocycles. The molecule has 6 rings (SSSR count). The van der Waals surface area contributed by atoms with Gasteiger partial charge in [0.2, 0.25) is 0 Å². The molecule has 0 aromatic heterocycles. The van der Waals surface area contributed by atoms with Gasteiger partial charge in [-0.1, -0.05) is 113 Å². The van der Waals surface area contributed by atoms with Gasteiger partial charge in [0.05, 0.1) is 24.6 Å². The van der Waals surface area contributed by atoms with Crippen molar-refractivity contribution in [1.29, 1.82) is 0 Å². The molecule has 0 unspecified atom stereocenters. The highest BCUT2D eigenvalue weighted by Gasteiger charge is 2.61. The zero-order chi connectivity index (χ0) is 26.5. The maximum Gasteiger partial charge on any atom is 0.169 e. The Kier molecular flexibility index (Phi) is 8.78. The number of ether oxygens (including phenoxy) is 5. The Bertz CT molecular complexity index is 1150. The van der Waals surface area contributed by atoms with E-state index in [0.717, 1.165) is 42.4 Å². The third-order valence-electron chi connectivity index (χ3n) is 8.10. The van der Waals surface area contributed by atoms with Crippen LogP contribution in [0.3, 0.4) is 0 Å². The fourth-order valence-electron chi connectivity index (χ4n) is 6.09. The molecule has 3 aromatic carbocycles. The highest BCUT2D eigenvalue weighted by Crippen LogP contribution is 2.48. The van der Waals surface area contributed by atoms with Crippen molar-refractivity contribution in [2.75, 3.05) is 0 Å². The zero-order valence-electron chi connectivity index (χ0n) is 22.2. The fourth-order valence-corrected chi connectivity index (χ4v) is 7.00. The fraction of sp³-hybridized carbons (Fsp3) is 0.455. The Hall–Kier alpha value is -2.06. The molecule has 0 amide bonds. The van der Waals surface area contributed by atoms with Crippen molar-refractivity contribution < 1.29 is 23.7 Å². The number of halogens is 1. The minimum Gasteiger partial charge on any atom is -0.369 e. The van der Waals surface area contributed by atoms with E-state index in [2.05, 4.69) is 52.3 Å². The Balaban J connectivity index is 1.29. The van der Waals surface area contributed by atoms with E-state index in [1.54, 1.807) is 0 Å². The zero-order valence-corrected chi connectivity index (χ0v) is 23.8. The third-order valence-corrected chi connectivity index (χ3v) is 9.14. The van der Waals surface area contributed by atoms with Crippen LogP contribution in [-0.2, 0) is 43.5 Å². The number of hydrogen-bond acceptors (Lipinski definition) is 5. The summed E-state index contributed by atoms with van der Waals surface area (Å²) in [7, 11) is 0.